The maximum absolute atomic E-state index is 5.33. The highest BCUT2D eigenvalue weighted by atomic mass is 35.5. The van der Waals surface area contributed by atoms with E-state index in [2.05, 4.69) is 20.4 Å². The van der Waals surface area contributed by atoms with Gasteiger partial charge in [0, 0.05) is 0 Å². The van der Waals surface area contributed by atoms with Crippen LogP contribution in [0, 0.1) is 0 Å². The van der Waals surface area contributed by atoms with Gasteiger partial charge in [0.2, 0.25) is 0 Å². The predicted molar refractivity (Wildman–Crippen MR) is 32.2 cm³/mol. The number of nitrogens with zero attached hydrogens (tertiary/aromatic N) is 4. The van der Waals surface area contributed by atoms with Crippen molar-refractivity contribution in [3.8, 4) is 0 Å². The topological polar surface area (TPSA) is 51.6 Å². The maximum Gasteiger partial charge on any atom is 0.262 e. The summed E-state index contributed by atoms with van der Waals surface area (Å²) in [5, 5.41) is 13.9. The standard InChI is InChI=1S/C3H2Cl2N4/c4-1-2-6-8-3(5)9-7-2/h1H2. The van der Waals surface area contributed by atoms with E-state index in [1.165, 1.54) is 0 Å². The molecule has 6 heteroatoms. The van der Waals surface area contributed by atoms with E-state index >= 15 is 0 Å². The third-order valence-corrected chi connectivity index (χ3v) is 1.01. The molecule has 0 amide bonds. The predicted octanol–water partition coefficient (Wildman–Crippen LogP) is 0.659. The van der Waals surface area contributed by atoms with Gasteiger partial charge in [-0.2, -0.15) is 0 Å². The van der Waals surface area contributed by atoms with Crippen LogP contribution in [0.15, 0.2) is 0 Å². The highest BCUT2D eigenvalue weighted by molar-refractivity contribution is 6.28. The Morgan fingerprint density at radius 2 is 1.67 bits per heavy atom. The molecule has 1 aromatic heterocycles. The molecule has 0 saturated heterocycles. The van der Waals surface area contributed by atoms with Crippen molar-refractivity contribution in [1.29, 1.82) is 0 Å². The molecule has 0 aliphatic heterocycles. The molecule has 0 unspecified atom stereocenters. The van der Waals surface area contributed by atoms with Crippen LogP contribution in [0.3, 0.4) is 0 Å². The van der Waals surface area contributed by atoms with Gasteiger partial charge in [-0.05, 0) is 11.6 Å². The Labute approximate surface area is 61.2 Å². The molecule has 1 heterocycles. The highest BCUT2D eigenvalue weighted by Gasteiger charge is 1.94. The summed E-state index contributed by atoms with van der Waals surface area (Å²) < 4.78 is 0. The molecular formula is C3H2Cl2N4. The number of hydrogen-bond acceptors (Lipinski definition) is 4. The number of hydrogen-bond donors (Lipinski definition) is 0. The van der Waals surface area contributed by atoms with Crippen LogP contribution in [0.25, 0.3) is 0 Å². The second-order valence-electron chi connectivity index (χ2n) is 1.22. The molecule has 48 valence electrons. The quantitative estimate of drug-likeness (QED) is 0.573. The highest BCUT2D eigenvalue weighted by Crippen LogP contribution is 1.94. The minimum Gasteiger partial charge on any atom is -0.129 e. The fourth-order valence-corrected chi connectivity index (χ4v) is 0.474. The Morgan fingerprint density at radius 3 is 2.11 bits per heavy atom. The summed E-state index contributed by atoms with van der Waals surface area (Å²) in [7, 11) is 0. The van der Waals surface area contributed by atoms with Crippen molar-refractivity contribution < 1.29 is 0 Å². The van der Waals surface area contributed by atoms with Crippen LogP contribution in [0.4, 0.5) is 0 Å². The lowest BCUT2D eigenvalue weighted by Crippen LogP contribution is -1.97. The van der Waals surface area contributed by atoms with Gasteiger partial charge in [-0.25, -0.2) is 0 Å². The SMILES string of the molecule is ClCc1nnc(Cl)nn1. The first-order chi connectivity index (χ1) is 4.33. The normalized spacial score (nSPS) is 9.56. The van der Waals surface area contributed by atoms with Crippen LogP contribution in [0.5, 0.6) is 0 Å². The zero-order chi connectivity index (χ0) is 6.69. The Bertz CT molecular complexity index is 186. The number of alkyl halides is 1. The van der Waals surface area contributed by atoms with Crippen molar-refractivity contribution in [2.75, 3.05) is 0 Å². The lowest BCUT2D eigenvalue weighted by molar-refractivity contribution is 0.798. The molecule has 0 fully saturated rings. The Balaban J connectivity index is 2.88. The first-order valence-corrected chi connectivity index (χ1v) is 3.02. The summed E-state index contributed by atoms with van der Waals surface area (Å²) in [5.74, 6) is 0.582. The molecule has 0 aliphatic rings. The Morgan fingerprint density at radius 1 is 1.11 bits per heavy atom. The molecule has 4 nitrogen and oxygen atoms in total. The van der Waals surface area contributed by atoms with Gasteiger partial charge in [0.25, 0.3) is 5.28 Å². The number of aromatic nitrogens is 4. The molecule has 0 saturated carbocycles. The fraction of sp³-hybridized carbons (Fsp3) is 0.333. The smallest absolute Gasteiger partial charge is 0.129 e. The largest absolute Gasteiger partial charge is 0.262 e. The summed E-state index contributed by atoms with van der Waals surface area (Å²) in [4.78, 5) is 0. The minimum atomic E-state index is 0.0314. The maximum atomic E-state index is 5.33. The molecular weight excluding hydrogens is 163 g/mol. The third-order valence-electron chi connectivity index (χ3n) is 0.615. The summed E-state index contributed by atoms with van der Waals surface area (Å²) in [6.07, 6.45) is 0. The molecule has 0 atom stereocenters. The van der Waals surface area contributed by atoms with E-state index in [1.54, 1.807) is 0 Å². The van der Waals surface area contributed by atoms with Gasteiger partial charge in [0.15, 0.2) is 5.82 Å². The summed E-state index contributed by atoms with van der Waals surface area (Å²) in [5.41, 5.74) is 0. The molecule has 0 aliphatic carbocycles. The van der Waals surface area contributed by atoms with Crippen molar-refractivity contribution >= 4 is 23.2 Å². The summed E-state index contributed by atoms with van der Waals surface area (Å²) >= 11 is 10.6. The lowest BCUT2D eigenvalue weighted by Gasteiger charge is -1.86. The lowest BCUT2D eigenvalue weighted by atomic mass is 10.7. The van der Waals surface area contributed by atoms with Gasteiger partial charge >= 0.3 is 0 Å². The van der Waals surface area contributed by atoms with Crippen LogP contribution < -0.4 is 0 Å². The van der Waals surface area contributed by atoms with E-state index in [9.17, 15) is 0 Å². The van der Waals surface area contributed by atoms with E-state index in [4.69, 9.17) is 23.2 Å². The molecule has 0 bridgehead atoms. The van der Waals surface area contributed by atoms with Crippen LogP contribution in [0.1, 0.15) is 5.82 Å². The van der Waals surface area contributed by atoms with E-state index in [0.717, 1.165) is 0 Å². The van der Waals surface area contributed by atoms with Crippen LogP contribution in [-0.2, 0) is 5.88 Å². The first kappa shape index (κ1) is 6.64. The van der Waals surface area contributed by atoms with E-state index < -0.39 is 0 Å². The number of halogens is 2. The zero-order valence-corrected chi connectivity index (χ0v) is 5.76. The van der Waals surface area contributed by atoms with Crippen molar-refractivity contribution in [2.45, 2.75) is 5.88 Å². The van der Waals surface area contributed by atoms with Crippen LogP contribution in [0.2, 0.25) is 5.28 Å². The van der Waals surface area contributed by atoms with E-state index in [1.807, 2.05) is 0 Å². The van der Waals surface area contributed by atoms with E-state index in [-0.39, 0.29) is 11.2 Å². The summed E-state index contributed by atoms with van der Waals surface area (Å²) in [6.45, 7) is 0. The fourth-order valence-electron chi connectivity index (χ4n) is 0.291. The molecule has 0 spiro atoms. The summed E-state index contributed by atoms with van der Waals surface area (Å²) in [6, 6.07) is 0. The Kier molecular flexibility index (Phi) is 2.13. The van der Waals surface area contributed by atoms with Crippen LogP contribution >= 0.6 is 23.2 Å². The van der Waals surface area contributed by atoms with E-state index in [0.29, 0.717) is 5.82 Å². The van der Waals surface area contributed by atoms with Gasteiger partial charge in [-0.1, -0.05) is 0 Å². The average molecular weight is 165 g/mol. The average Bonchev–Trinajstić information content (AvgIpc) is 1.90. The zero-order valence-electron chi connectivity index (χ0n) is 4.25. The third kappa shape index (κ3) is 1.73. The molecule has 0 N–H and O–H groups in total. The first-order valence-electron chi connectivity index (χ1n) is 2.10. The molecule has 1 rings (SSSR count). The van der Waals surface area contributed by atoms with Crippen molar-refractivity contribution in [3.63, 3.8) is 0 Å². The second kappa shape index (κ2) is 2.89. The van der Waals surface area contributed by atoms with Gasteiger partial charge in [0.1, 0.15) is 0 Å². The minimum absolute atomic E-state index is 0.0314. The molecule has 9 heavy (non-hydrogen) atoms. The monoisotopic (exact) mass is 164 g/mol. The van der Waals surface area contributed by atoms with Crippen molar-refractivity contribution in [2.24, 2.45) is 0 Å². The van der Waals surface area contributed by atoms with Crippen LogP contribution in [-0.4, -0.2) is 20.4 Å². The van der Waals surface area contributed by atoms with Crippen molar-refractivity contribution in [1.82, 2.24) is 20.4 Å². The number of rotatable bonds is 1. The van der Waals surface area contributed by atoms with Gasteiger partial charge in [0.05, 0.1) is 5.88 Å². The second-order valence-corrected chi connectivity index (χ2v) is 1.82. The Hall–Kier alpha value is -0.480. The van der Waals surface area contributed by atoms with Crippen molar-refractivity contribution in [3.05, 3.63) is 11.1 Å². The van der Waals surface area contributed by atoms with Gasteiger partial charge in [-0.15, -0.1) is 32.0 Å². The van der Waals surface area contributed by atoms with Gasteiger partial charge in [-0.3, -0.25) is 0 Å². The molecule has 0 radical (unpaired) electrons. The van der Waals surface area contributed by atoms with Gasteiger partial charge < -0.3 is 0 Å². The molecule has 0 aromatic carbocycles. The molecule has 1 aromatic rings.